The molecule has 0 unspecified atom stereocenters. The minimum absolute atomic E-state index is 0.122. The van der Waals surface area contributed by atoms with Crippen molar-refractivity contribution in [1.82, 2.24) is 15.5 Å². The number of rotatable bonds is 7. The van der Waals surface area contributed by atoms with E-state index in [1.54, 1.807) is 11.0 Å². The minimum Gasteiger partial charge on any atom is -0.354 e. The van der Waals surface area contributed by atoms with E-state index in [9.17, 15) is 23.2 Å². The number of nitrogens with zero attached hydrogens (tertiary/aromatic N) is 1. The monoisotopic (exact) mass is 457 g/mol. The highest BCUT2D eigenvalue weighted by atomic mass is 19.1. The van der Waals surface area contributed by atoms with Crippen molar-refractivity contribution in [1.29, 1.82) is 0 Å². The van der Waals surface area contributed by atoms with E-state index < -0.39 is 23.6 Å². The molecule has 0 aromatic heterocycles. The van der Waals surface area contributed by atoms with Gasteiger partial charge in [0.15, 0.2) is 0 Å². The fourth-order valence-corrected chi connectivity index (χ4v) is 3.89. The summed E-state index contributed by atoms with van der Waals surface area (Å²) in [5, 5.41) is 5.57. The lowest BCUT2D eigenvalue weighted by Crippen LogP contribution is -2.54. The average Bonchev–Trinajstić information content (AvgIpc) is 2.81. The summed E-state index contributed by atoms with van der Waals surface area (Å²) in [6.07, 6.45) is 0.981. The standard InChI is InChI=1S/C25H29F2N3O3/c1-16(2)15-28-24(32)22(29-23(31)20-5-3-4-6-21(20)27)17-11-13-30(14-12-17)25(33)18-7-9-19(26)10-8-18/h3-10,16-17,22H,11-15H2,1-2H3,(H,28,32)(H,29,31)/t22-/m1/s1. The topological polar surface area (TPSA) is 78.5 Å². The second kappa shape index (κ2) is 11.0. The quantitative estimate of drug-likeness (QED) is 0.669. The predicted molar refractivity (Wildman–Crippen MR) is 121 cm³/mol. The lowest BCUT2D eigenvalue weighted by Gasteiger charge is -2.36. The first-order valence-electron chi connectivity index (χ1n) is 11.1. The van der Waals surface area contributed by atoms with E-state index in [1.807, 2.05) is 13.8 Å². The van der Waals surface area contributed by atoms with Crippen LogP contribution < -0.4 is 10.6 Å². The third-order valence-corrected chi connectivity index (χ3v) is 5.76. The van der Waals surface area contributed by atoms with Gasteiger partial charge in [-0.05, 0) is 61.1 Å². The number of amides is 3. The molecule has 1 heterocycles. The molecule has 0 bridgehead atoms. The summed E-state index contributed by atoms with van der Waals surface area (Å²) in [6.45, 7) is 5.17. The van der Waals surface area contributed by atoms with Gasteiger partial charge in [0.1, 0.15) is 17.7 Å². The number of piperidine rings is 1. The Bertz CT molecular complexity index is 987. The lowest BCUT2D eigenvalue weighted by atomic mass is 9.88. The van der Waals surface area contributed by atoms with Crippen LogP contribution >= 0.6 is 0 Å². The van der Waals surface area contributed by atoms with E-state index in [1.165, 1.54) is 42.5 Å². The Morgan fingerprint density at radius 2 is 1.64 bits per heavy atom. The second-order valence-electron chi connectivity index (χ2n) is 8.71. The Kier molecular flexibility index (Phi) is 8.14. The van der Waals surface area contributed by atoms with Crippen molar-refractivity contribution in [2.75, 3.05) is 19.6 Å². The van der Waals surface area contributed by atoms with Crippen LogP contribution in [0.1, 0.15) is 47.4 Å². The van der Waals surface area contributed by atoms with Gasteiger partial charge >= 0.3 is 0 Å². The summed E-state index contributed by atoms with van der Waals surface area (Å²) in [4.78, 5) is 40.0. The molecule has 0 saturated carbocycles. The van der Waals surface area contributed by atoms with Gasteiger partial charge < -0.3 is 15.5 Å². The van der Waals surface area contributed by atoms with Crippen molar-refractivity contribution < 1.29 is 23.2 Å². The molecule has 6 nitrogen and oxygen atoms in total. The molecule has 0 radical (unpaired) electrons. The zero-order chi connectivity index (χ0) is 24.0. The van der Waals surface area contributed by atoms with Crippen LogP contribution in [0.4, 0.5) is 8.78 Å². The van der Waals surface area contributed by atoms with Crippen LogP contribution in [-0.4, -0.2) is 48.3 Å². The normalized spacial score (nSPS) is 15.2. The number of hydrogen-bond acceptors (Lipinski definition) is 3. The first-order valence-corrected chi connectivity index (χ1v) is 11.1. The Labute approximate surface area is 192 Å². The van der Waals surface area contributed by atoms with Gasteiger partial charge in [-0.1, -0.05) is 26.0 Å². The van der Waals surface area contributed by atoms with E-state index in [0.717, 1.165) is 0 Å². The maximum Gasteiger partial charge on any atom is 0.254 e. The first-order chi connectivity index (χ1) is 15.8. The van der Waals surface area contributed by atoms with Crippen LogP contribution in [0, 0.1) is 23.5 Å². The predicted octanol–water partition coefficient (Wildman–Crippen LogP) is 3.39. The number of carbonyl (C=O) groups is 3. The Morgan fingerprint density at radius 3 is 2.24 bits per heavy atom. The van der Waals surface area contributed by atoms with Crippen molar-refractivity contribution in [3.63, 3.8) is 0 Å². The van der Waals surface area contributed by atoms with Gasteiger partial charge in [-0.15, -0.1) is 0 Å². The Balaban J connectivity index is 1.69. The highest BCUT2D eigenvalue weighted by molar-refractivity contribution is 5.98. The molecule has 2 aromatic rings. The summed E-state index contributed by atoms with van der Waals surface area (Å²) in [5.74, 6) is -2.23. The molecule has 0 spiro atoms. The third-order valence-electron chi connectivity index (χ3n) is 5.76. The lowest BCUT2D eigenvalue weighted by molar-refractivity contribution is -0.124. The minimum atomic E-state index is -0.848. The van der Waals surface area contributed by atoms with Gasteiger partial charge in [0, 0.05) is 25.2 Å². The van der Waals surface area contributed by atoms with Crippen LogP contribution in [0.3, 0.4) is 0 Å². The molecule has 1 atom stereocenters. The molecule has 0 aliphatic carbocycles. The summed E-state index contributed by atoms with van der Waals surface area (Å²) >= 11 is 0. The van der Waals surface area contributed by atoms with Gasteiger partial charge in [0.25, 0.3) is 11.8 Å². The van der Waals surface area contributed by atoms with Crippen molar-refractivity contribution >= 4 is 17.7 Å². The first kappa shape index (κ1) is 24.4. The van der Waals surface area contributed by atoms with Gasteiger partial charge in [-0.2, -0.15) is 0 Å². The zero-order valence-electron chi connectivity index (χ0n) is 18.8. The maximum atomic E-state index is 14.1. The van der Waals surface area contributed by atoms with Gasteiger partial charge in [0.2, 0.25) is 5.91 Å². The summed E-state index contributed by atoms with van der Waals surface area (Å²) < 4.78 is 27.2. The fourth-order valence-electron chi connectivity index (χ4n) is 3.89. The summed E-state index contributed by atoms with van der Waals surface area (Å²) in [7, 11) is 0. The molecule has 3 amide bonds. The van der Waals surface area contributed by atoms with E-state index in [-0.39, 0.29) is 29.2 Å². The highest BCUT2D eigenvalue weighted by Crippen LogP contribution is 2.23. The molecule has 33 heavy (non-hydrogen) atoms. The van der Waals surface area contributed by atoms with Crippen LogP contribution in [-0.2, 0) is 4.79 Å². The van der Waals surface area contributed by atoms with Gasteiger partial charge in [0.05, 0.1) is 5.56 Å². The molecule has 2 aromatic carbocycles. The number of nitrogens with one attached hydrogen (secondary N) is 2. The van der Waals surface area contributed by atoms with Gasteiger partial charge in [-0.3, -0.25) is 14.4 Å². The fraction of sp³-hybridized carbons (Fsp3) is 0.400. The SMILES string of the molecule is CC(C)CNC(=O)[C@H](NC(=O)c1ccccc1F)C1CCN(C(=O)c2ccc(F)cc2)CC1. The Morgan fingerprint density at radius 1 is 1.00 bits per heavy atom. The molecule has 1 aliphatic heterocycles. The van der Waals surface area contributed by atoms with Crippen LogP contribution in [0.5, 0.6) is 0 Å². The molecular formula is C25H29F2N3O3. The van der Waals surface area contributed by atoms with Gasteiger partial charge in [-0.25, -0.2) is 8.78 Å². The van der Waals surface area contributed by atoms with Crippen LogP contribution in [0.25, 0.3) is 0 Å². The third kappa shape index (κ3) is 6.37. The van der Waals surface area contributed by atoms with Crippen molar-refractivity contribution in [3.05, 3.63) is 71.3 Å². The highest BCUT2D eigenvalue weighted by Gasteiger charge is 2.34. The van der Waals surface area contributed by atoms with E-state index in [0.29, 0.717) is 38.0 Å². The van der Waals surface area contributed by atoms with Crippen molar-refractivity contribution in [2.24, 2.45) is 11.8 Å². The molecule has 1 saturated heterocycles. The molecule has 176 valence electrons. The molecule has 3 rings (SSSR count). The van der Waals surface area contributed by atoms with E-state index in [4.69, 9.17) is 0 Å². The number of benzene rings is 2. The Hall–Kier alpha value is -3.29. The number of hydrogen-bond donors (Lipinski definition) is 2. The second-order valence-corrected chi connectivity index (χ2v) is 8.71. The van der Waals surface area contributed by atoms with Crippen LogP contribution in [0.15, 0.2) is 48.5 Å². The van der Waals surface area contributed by atoms with E-state index >= 15 is 0 Å². The molecule has 2 N–H and O–H groups in total. The molecule has 1 aliphatic rings. The summed E-state index contributed by atoms with van der Waals surface area (Å²) in [5.41, 5.74) is 0.275. The number of likely N-dealkylation sites (tertiary alicyclic amines) is 1. The summed E-state index contributed by atoms with van der Waals surface area (Å²) in [6, 6.07) is 10.2. The van der Waals surface area contributed by atoms with Crippen molar-refractivity contribution in [3.8, 4) is 0 Å². The van der Waals surface area contributed by atoms with Crippen molar-refractivity contribution in [2.45, 2.75) is 32.7 Å². The molecule has 1 fully saturated rings. The average molecular weight is 458 g/mol. The number of halogens is 2. The molecular weight excluding hydrogens is 428 g/mol. The smallest absolute Gasteiger partial charge is 0.254 e. The number of carbonyl (C=O) groups excluding carboxylic acids is 3. The maximum absolute atomic E-state index is 14.1. The molecule has 8 heteroatoms. The van der Waals surface area contributed by atoms with Crippen LogP contribution in [0.2, 0.25) is 0 Å². The zero-order valence-corrected chi connectivity index (χ0v) is 18.8. The largest absolute Gasteiger partial charge is 0.354 e. The van der Waals surface area contributed by atoms with E-state index in [2.05, 4.69) is 10.6 Å².